The summed E-state index contributed by atoms with van der Waals surface area (Å²) in [5.41, 5.74) is 4.27. The summed E-state index contributed by atoms with van der Waals surface area (Å²) in [6.07, 6.45) is 3.59. The third-order valence-electron chi connectivity index (χ3n) is 4.51. The van der Waals surface area contributed by atoms with Gasteiger partial charge in [0.2, 0.25) is 5.91 Å². The molecule has 1 heterocycles. The second-order valence-corrected chi connectivity index (χ2v) is 6.27. The topological polar surface area (TPSA) is 51.0 Å². The fourth-order valence-corrected chi connectivity index (χ4v) is 2.69. The Labute approximate surface area is 147 Å². The van der Waals surface area contributed by atoms with Crippen molar-refractivity contribution in [1.29, 1.82) is 0 Å². The minimum absolute atomic E-state index is 0.00254. The van der Waals surface area contributed by atoms with Gasteiger partial charge >= 0.3 is 0 Å². The highest BCUT2D eigenvalue weighted by molar-refractivity contribution is 5.79. The number of nitrogens with zero attached hydrogens (tertiary/aromatic N) is 4. The summed E-state index contributed by atoms with van der Waals surface area (Å²) < 4.78 is 1.71. The second-order valence-electron chi connectivity index (χ2n) is 6.27. The van der Waals surface area contributed by atoms with E-state index in [1.54, 1.807) is 15.9 Å². The van der Waals surface area contributed by atoms with Crippen molar-refractivity contribution in [2.75, 3.05) is 7.05 Å². The van der Waals surface area contributed by atoms with Crippen molar-refractivity contribution in [3.63, 3.8) is 0 Å². The van der Waals surface area contributed by atoms with Crippen LogP contribution in [0, 0.1) is 6.92 Å². The standard InChI is InChI=1S/C20H22N4O/c1-15-4-6-17(7-5-15)12-20(25)23(3)16(2)18-8-10-19(11-9-18)24-14-21-13-22-24/h4-11,13-14,16H,12H2,1-3H3/t16-/m1/s1. The molecule has 2 aromatic carbocycles. The number of rotatable bonds is 5. The first-order valence-electron chi connectivity index (χ1n) is 8.31. The van der Waals surface area contributed by atoms with Crippen molar-refractivity contribution in [3.05, 3.63) is 77.9 Å². The SMILES string of the molecule is Cc1ccc(CC(=O)N(C)[C@H](C)c2ccc(-n3cncn3)cc2)cc1. The summed E-state index contributed by atoms with van der Waals surface area (Å²) in [4.78, 5) is 18.3. The van der Waals surface area contributed by atoms with E-state index in [4.69, 9.17) is 0 Å². The molecule has 3 aromatic rings. The van der Waals surface area contributed by atoms with Crippen LogP contribution < -0.4 is 0 Å². The van der Waals surface area contributed by atoms with Gasteiger partial charge in [0, 0.05) is 7.05 Å². The zero-order valence-electron chi connectivity index (χ0n) is 14.8. The van der Waals surface area contributed by atoms with E-state index in [1.165, 1.54) is 11.9 Å². The van der Waals surface area contributed by atoms with Gasteiger partial charge in [-0.2, -0.15) is 5.10 Å². The average Bonchev–Trinajstić information content (AvgIpc) is 3.17. The number of likely N-dealkylation sites (N-methyl/N-ethyl adjacent to an activating group) is 1. The summed E-state index contributed by atoms with van der Waals surface area (Å²) >= 11 is 0. The van der Waals surface area contributed by atoms with E-state index in [9.17, 15) is 4.79 Å². The Morgan fingerprint density at radius 3 is 2.40 bits per heavy atom. The molecule has 25 heavy (non-hydrogen) atoms. The largest absolute Gasteiger partial charge is 0.339 e. The molecule has 0 saturated heterocycles. The Morgan fingerprint density at radius 2 is 1.80 bits per heavy atom. The van der Waals surface area contributed by atoms with E-state index in [0.717, 1.165) is 16.8 Å². The van der Waals surface area contributed by atoms with Crippen LogP contribution in [-0.4, -0.2) is 32.6 Å². The number of hydrogen-bond acceptors (Lipinski definition) is 3. The van der Waals surface area contributed by atoms with E-state index in [-0.39, 0.29) is 11.9 Å². The highest BCUT2D eigenvalue weighted by Gasteiger charge is 2.17. The van der Waals surface area contributed by atoms with E-state index in [0.29, 0.717) is 6.42 Å². The fourth-order valence-electron chi connectivity index (χ4n) is 2.69. The van der Waals surface area contributed by atoms with Gasteiger partial charge in [-0.3, -0.25) is 4.79 Å². The molecule has 0 aliphatic heterocycles. The summed E-state index contributed by atoms with van der Waals surface area (Å²) in [6, 6.07) is 16.1. The molecule has 5 heteroatoms. The molecule has 1 amide bonds. The maximum atomic E-state index is 12.6. The third kappa shape index (κ3) is 3.94. The number of benzene rings is 2. The lowest BCUT2D eigenvalue weighted by atomic mass is 10.0. The van der Waals surface area contributed by atoms with Crippen LogP contribution in [0.15, 0.2) is 61.2 Å². The lowest BCUT2D eigenvalue weighted by molar-refractivity contribution is -0.131. The number of aromatic nitrogens is 3. The molecular weight excluding hydrogens is 312 g/mol. The highest BCUT2D eigenvalue weighted by atomic mass is 16.2. The van der Waals surface area contributed by atoms with Gasteiger partial charge in [0.25, 0.3) is 0 Å². The molecule has 5 nitrogen and oxygen atoms in total. The van der Waals surface area contributed by atoms with Crippen LogP contribution in [0.5, 0.6) is 0 Å². The smallest absolute Gasteiger partial charge is 0.227 e. The molecular formula is C20H22N4O. The van der Waals surface area contributed by atoms with E-state index in [2.05, 4.69) is 10.1 Å². The predicted octanol–water partition coefficient (Wildman–Crippen LogP) is 3.34. The predicted molar refractivity (Wildman–Crippen MR) is 97.4 cm³/mol. The quantitative estimate of drug-likeness (QED) is 0.719. The van der Waals surface area contributed by atoms with Gasteiger partial charge in [0.15, 0.2) is 0 Å². The van der Waals surface area contributed by atoms with Gasteiger partial charge in [0.1, 0.15) is 12.7 Å². The maximum Gasteiger partial charge on any atom is 0.227 e. The lowest BCUT2D eigenvalue weighted by Gasteiger charge is -2.25. The monoisotopic (exact) mass is 334 g/mol. The van der Waals surface area contributed by atoms with Crippen LogP contribution in [0.25, 0.3) is 5.69 Å². The van der Waals surface area contributed by atoms with Crippen molar-refractivity contribution in [2.45, 2.75) is 26.3 Å². The minimum atomic E-state index is 0.00254. The Hall–Kier alpha value is -2.95. The van der Waals surface area contributed by atoms with E-state index in [1.807, 2.05) is 69.4 Å². The van der Waals surface area contributed by atoms with Crippen molar-refractivity contribution >= 4 is 5.91 Å². The Morgan fingerprint density at radius 1 is 1.12 bits per heavy atom. The molecule has 0 spiro atoms. The van der Waals surface area contributed by atoms with Crippen molar-refractivity contribution in [1.82, 2.24) is 19.7 Å². The van der Waals surface area contributed by atoms with Crippen LogP contribution in [0.1, 0.15) is 29.7 Å². The van der Waals surface area contributed by atoms with Crippen LogP contribution >= 0.6 is 0 Å². The normalized spacial score (nSPS) is 12.0. The van der Waals surface area contributed by atoms with Gasteiger partial charge in [-0.15, -0.1) is 0 Å². The van der Waals surface area contributed by atoms with Crippen LogP contribution in [-0.2, 0) is 11.2 Å². The maximum absolute atomic E-state index is 12.6. The van der Waals surface area contributed by atoms with Gasteiger partial charge in [0.05, 0.1) is 18.2 Å². The number of hydrogen-bond donors (Lipinski definition) is 0. The molecule has 0 aliphatic rings. The zero-order valence-corrected chi connectivity index (χ0v) is 14.8. The minimum Gasteiger partial charge on any atom is -0.339 e. The number of carbonyl (C=O) groups excluding carboxylic acids is 1. The van der Waals surface area contributed by atoms with Crippen molar-refractivity contribution in [2.24, 2.45) is 0 Å². The van der Waals surface area contributed by atoms with Gasteiger partial charge < -0.3 is 4.90 Å². The first-order valence-corrected chi connectivity index (χ1v) is 8.31. The molecule has 3 rings (SSSR count). The Bertz CT molecular complexity index is 823. The molecule has 0 aliphatic carbocycles. The fraction of sp³-hybridized carbons (Fsp3) is 0.250. The molecule has 128 valence electrons. The molecule has 0 unspecified atom stereocenters. The summed E-state index contributed by atoms with van der Waals surface area (Å²) in [5.74, 6) is 0.108. The summed E-state index contributed by atoms with van der Waals surface area (Å²) in [5, 5.41) is 4.12. The molecule has 0 radical (unpaired) electrons. The van der Waals surface area contributed by atoms with Crippen LogP contribution in [0.4, 0.5) is 0 Å². The molecule has 0 saturated carbocycles. The highest BCUT2D eigenvalue weighted by Crippen LogP contribution is 2.21. The first-order chi connectivity index (χ1) is 12.0. The molecule has 0 bridgehead atoms. The number of amides is 1. The molecule has 0 fully saturated rings. The number of carbonyl (C=O) groups is 1. The first kappa shape index (κ1) is 16.9. The lowest BCUT2D eigenvalue weighted by Crippen LogP contribution is -2.30. The second kappa shape index (κ2) is 7.30. The number of aryl methyl sites for hydroxylation is 1. The van der Waals surface area contributed by atoms with Crippen LogP contribution in [0.2, 0.25) is 0 Å². The summed E-state index contributed by atoms with van der Waals surface area (Å²) in [7, 11) is 1.85. The van der Waals surface area contributed by atoms with E-state index < -0.39 is 0 Å². The van der Waals surface area contributed by atoms with Crippen molar-refractivity contribution in [3.8, 4) is 5.69 Å². The van der Waals surface area contributed by atoms with Crippen molar-refractivity contribution < 1.29 is 4.79 Å². The Balaban J connectivity index is 1.67. The van der Waals surface area contributed by atoms with Gasteiger partial charge in [-0.05, 0) is 37.1 Å². The third-order valence-corrected chi connectivity index (χ3v) is 4.51. The van der Waals surface area contributed by atoms with Gasteiger partial charge in [-0.25, -0.2) is 9.67 Å². The zero-order chi connectivity index (χ0) is 17.8. The summed E-state index contributed by atoms with van der Waals surface area (Å²) in [6.45, 7) is 4.08. The van der Waals surface area contributed by atoms with Crippen LogP contribution in [0.3, 0.4) is 0 Å². The van der Waals surface area contributed by atoms with Gasteiger partial charge in [-0.1, -0.05) is 42.0 Å². The molecule has 1 aromatic heterocycles. The van der Waals surface area contributed by atoms with E-state index >= 15 is 0 Å². The molecule has 0 N–H and O–H groups in total. The Kier molecular flexibility index (Phi) is 4.93. The molecule has 1 atom stereocenters. The average molecular weight is 334 g/mol.